The summed E-state index contributed by atoms with van der Waals surface area (Å²) in [5, 5.41) is 1.97. The number of nitrogens with zero attached hydrogens (tertiary/aromatic N) is 4. The lowest BCUT2D eigenvalue weighted by Gasteiger charge is -2.19. The van der Waals surface area contributed by atoms with Gasteiger partial charge in [-0.25, -0.2) is 9.97 Å². The van der Waals surface area contributed by atoms with Crippen LogP contribution in [0.4, 0.5) is 0 Å². The summed E-state index contributed by atoms with van der Waals surface area (Å²) in [6.45, 7) is 0. The van der Waals surface area contributed by atoms with Crippen molar-refractivity contribution >= 4 is 33.6 Å². The fraction of sp³-hybridized carbons (Fsp3) is 0.304. The number of hydrogen-bond donors (Lipinski definition) is 0. The third-order valence-electron chi connectivity index (χ3n) is 5.87. The summed E-state index contributed by atoms with van der Waals surface area (Å²) in [5.74, 6) is 1.14. The van der Waals surface area contributed by atoms with Crippen LogP contribution in [0.3, 0.4) is 0 Å². The van der Waals surface area contributed by atoms with E-state index >= 15 is 0 Å². The molecule has 0 saturated heterocycles. The maximum Gasteiger partial charge on any atom is 0.262 e. The highest BCUT2D eigenvalue weighted by molar-refractivity contribution is 7.98. The molecule has 30 heavy (non-hydrogen) atoms. The maximum absolute atomic E-state index is 13.3. The Hall–Kier alpha value is -2.93. The Labute approximate surface area is 177 Å². The van der Waals surface area contributed by atoms with E-state index in [1.54, 1.807) is 17.7 Å². The molecule has 0 amide bonds. The van der Waals surface area contributed by atoms with Crippen LogP contribution < -0.4 is 11.1 Å². The normalized spacial score (nSPS) is 14.7. The van der Waals surface area contributed by atoms with Crippen molar-refractivity contribution in [3.8, 4) is 0 Å². The van der Waals surface area contributed by atoms with Crippen molar-refractivity contribution in [3.63, 3.8) is 0 Å². The zero-order valence-electron chi connectivity index (χ0n) is 16.7. The van der Waals surface area contributed by atoms with Gasteiger partial charge in [0.1, 0.15) is 5.82 Å². The molecular weight excluding hydrogens is 396 g/mol. The van der Waals surface area contributed by atoms with Crippen molar-refractivity contribution in [2.24, 2.45) is 7.05 Å². The van der Waals surface area contributed by atoms with Crippen molar-refractivity contribution in [1.29, 1.82) is 0 Å². The highest BCUT2D eigenvalue weighted by Crippen LogP contribution is 2.32. The summed E-state index contributed by atoms with van der Waals surface area (Å²) >= 11 is 1.48. The molecular formula is C23H22N4O2S. The first-order chi connectivity index (χ1) is 14.6. The Morgan fingerprint density at radius 2 is 1.50 bits per heavy atom. The van der Waals surface area contributed by atoms with Crippen LogP contribution >= 0.6 is 11.8 Å². The summed E-state index contributed by atoms with van der Waals surface area (Å²) in [5.41, 5.74) is 1.36. The third kappa shape index (κ3) is 3.23. The average molecular weight is 419 g/mol. The predicted octanol–water partition coefficient (Wildman–Crippen LogP) is 4.05. The van der Waals surface area contributed by atoms with E-state index in [1.165, 1.54) is 11.8 Å². The van der Waals surface area contributed by atoms with Gasteiger partial charge in [-0.1, -0.05) is 48.9 Å². The fourth-order valence-electron chi connectivity index (χ4n) is 4.23. The molecule has 0 atom stereocenters. The second kappa shape index (κ2) is 7.72. The van der Waals surface area contributed by atoms with E-state index in [-0.39, 0.29) is 17.2 Å². The van der Waals surface area contributed by atoms with Gasteiger partial charge in [-0.2, -0.15) is 0 Å². The smallest absolute Gasteiger partial charge is 0.262 e. The van der Waals surface area contributed by atoms with Gasteiger partial charge in [0.05, 0.1) is 27.6 Å². The van der Waals surface area contributed by atoms with E-state index in [0.717, 1.165) is 25.7 Å². The maximum atomic E-state index is 13.3. The van der Waals surface area contributed by atoms with Crippen molar-refractivity contribution < 1.29 is 0 Å². The van der Waals surface area contributed by atoms with Gasteiger partial charge < -0.3 is 0 Å². The second-order valence-corrected chi connectivity index (χ2v) is 8.67. The molecule has 2 heterocycles. The summed E-state index contributed by atoms with van der Waals surface area (Å²) in [4.78, 5) is 35.5. The molecule has 0 N–H and O–H groups in total. The van der Waals surface area contributed by atoms with Crippen LogP contribution in [0.15, 0.2) is 63.3 Å². The minimum atomic E-state index is -0.0594. The number of thioether (sulfide) groups is 1. The zero-order chi connectivity index (χ0) is 20.7. The number of para-hydroxylation sites is 2. The Morgan fingerprint density at radius 3 is 2.20 bits per heavy atom. The molecule has 1 aliphatic rings. The topological polar surface area (TPSA) is 69.8 Å². The Balaban J connectivity index is 1.58. The molecule has 0 unspecified atom stereocenters. The standard InChI is InChI=1S/C23H22N4O2S/c1-26-20(24-18-12-6-4-10-16(18)21(26)28)14-30-23-25-19-13-7-5-11-17(19)22(29)27(23)15-8-2-3-9-15/h4-7,10-13,15H,2-3,8-9,14H2,1H3. The Kier molecular flexibility index (Phi) is 4.90. The molecule has 2 aromatic carbocycles. The molecule has 1 aliphatic carbocycles. The molecule has 5 rings (SSSR count). The molecule has 0 radical (unpaired) electrons. The molecule has 6 nitrogen and oxygen atoms in total. The summed E-state index contributed by atoms with van der Waals surface area (Å²) in [7, 11) is 1.75. The van der Waals surface area contributed by atoms with Gasteiger partial charge in [0.25, 0.3) is 11.1 Å². The SMILES string of the molecule is Cn1c(CSc2nc3ccccc3c(=O)n2C2CCCC2)nc2ccccc2c1=O. The fourth-order valence-corrected chi connectivity index (χ4v) is 5.28. The molecule has 1 fully saturated rings. The summed E-state index contributed by atoms with van der Waals surface area (Å²) < 4.78 is 3.47. The number of fused-ring (bicyclic) bond motifs is 2. The lowest BCUT2D eigenvalue weighted by molar-refractivity contribution is 0.457. The molecule has 4 aromatic rings. The van der Waals surface area contributed by atoms with Gasteiger partial charge >= 0.3 is 0 Å². The van der Waals surface area contributed by atoms with E-state index < -0.39 is 0 Å². The zero-order valence-corrected chi connectivity index (χ0v) is 17.6. The van der Waals surface area contributed by atoms with E-state index in [0.29, 0.717) is 38.5 Å². The number of hydrogen-bond acceptors (Lipinski definition) is 5. The number of aromatic nitrogens is 4. The average Bonchev–Trinajstić information content (AvgIpc) is 3.30. The Morgan fingerprint density at radius 1 is 0.900 bits per heavy atom. The lowest BCUT2D eigenvalue weighted by Crippen LogP contribution is -2.27. The molecule has 2 aromatic heterocycles. The molecule has 7 heteroatoms. The predicted molar refractivity (Wildman–Crippen MR) is 120 cm³/mol. The van der Waals surface area contributed by atoms with Crippen molar-refractivity contribution in [2.45, 2.75) is 42.6 Å². The van der Waals surface area contributed by atoms with Crippen LogP contribution in [-0.2, 0) is 12.8 Å². The highest BCUT2D eigenvalue weighted by Gasteiger charge is 2.23. The van der Waals surface area contributed by atoms with Crippen molar-refractivity contribution in [2.75, 3.05) is 0 Å². The monoisotopic (exact) mass is 418 g/mol. The first kappa shape index (κ1) is 19.1. The van der Waals surface area contributed by atoms with Crippen LogP contribution in [-0.4, -0.2) is 19.1 Å². The van der Waals surface area contributed by atoms with E-state index in [4.69, 9.17) is 4.98 Å². The molecule has 1 saturated carbocycles. The van der Waals surface area contributed by atoms with Gasteiger partial charge in [-0.05, 0) is 37.1 Å². The quantitative estimate of drug-likeness (QED) is 0.369. The van der Waals surface area contributed by atoms with Gasteiger partial charge in [-0.15, -0.1) is 0 Å². The van der Waals surface area contributed by atoms with E-state index in [2.05, 4.69) is 4.98 Å². The number of rotatable bonds is 4. The van der Waals surface area contributed by atoms with E-state index in [9.17, 15) is 9.59 Å². The largest absolute Gasteiger partial charge is 0.299 e. The van der Waals surface area contributed by atoms with Gasteiger partial charge in [-0.3, -0.25) is 18.7 Å². The molecule has 0 aliphatic heterocycles. The molecule has 152 valence electrons. The van der Waals surface area contributed by atoms with Crippen molar-refractivity contribution in [1.82, 2.24) is 19.1 Å². The van der Waals surface area contributed by atoms with Gasteiger partial charge in [0.2, 0.25) is 0 Å². The van der Waals surface area contributed by atoms with Crippen LogP contribution in [0.25, 0.3) is 21.8 Å². The minimum absolute atomic E-state index is 0.0235. The Bertz CT molecular complexity index is 1370. The van der Waals surface area contributed by atoms with Gasteiger partial charge in [0.15, 0.2) is 5.16 Å². The van der Waals surface area contributed by atoms with Gasteiger partial charge in [0, 0.05) is 13.1 Å². The van der Waals surface area contributed by atoms with Crippen molar-refractivity contribution in [3.05, 3.63) is 75.1 Å². The first-order valence-electron chi connectivity index (χ1n) is 10.2. The first-order valence-corrected chi connectivity index (χ1v) is 11.2. The minimum Gasteiger partial charge on any atom is -0.299 e. The number of benzene rings is 2. The second-order valence-electron chi connectivity index (χ2n) is 7.72. The summed E-state index contributed by atoms with van der Waals surface area (Å²) in [6, 6.07) is 15.1. The lowest BCUT2D eigenvalue weighted by atomic mass is 10.2. The summed E-state index contributed by atoms with van der Waals surface area (Å²) in [6.07, 6.45) is 4.27. The molecule has 0 bridgehead atoms. The third-order valence-corrected chi connectivity index (χ3v) is 6.82. The highest BCUT2D eigenvalue weighted by atomic mass is 32.2. The molecule has 0 spiro atoms. The van der Waals surface area contributed by atoms with Crippen LogP contribution in [0.1, 0.15) is 37.5 Å². The van der Waals surface area contributed by atoms with Crippen LogP contribution in [0.5, 0.6) is 0 Å². The van der Waals surface area contributed by atoms with E-state index in [1.807, 2.05) is 47.0 Å². The van der Waals surface area contributed by atoms with Crippen LogP contribution in [0, 0.1) is 0 Å². The van der Waals surface area contributed by atoms with Crippen LogP contribution in [0.2, 0.25) is 0 Å².